The highest BCUT2D eigenvalue weighted by Gasteiger charge is 2.13. The first-order valence-electron chi connectivity index (χ1n) is 5.11. The van der Waals surface area contributed by atoms with E-state index < -0.39 is 11.8 Å². The molecule has 0 spiro atoms. The number of benzene rings is 1. The summed E-state index contributed by atoms with van der Waals surface area (Å²) >= 11 is 0. The van der Waals surface area contributed by atoms with Crippen molar-refractivity contribution >= 4 is 11.8 Å². The number of nitrogens with two attached hydrogens (primary N) is 1. The molecule has 0 saturated heterocycles. The molecule has 92 valence electrons. The third kappa shape index (κ3) is 2.13. The average molecular weight is 247 g/mol. The number of rotatable bonds is 2. The van der Waals surface area contributed by atoms with Gasteiger partial charge in [0.15, 0.2) is 5.82 Å². The predicted octanol–water partition coefficient (Wildman–Crippen LogP) is 1.87. The van der Waals surface area contributed by atoms with Crippen molar-refractivity contribution in [2.24, 2.45) is 0 Å². The van der Waals surface area contributed by atoms with E-state index in [1.54, 1.807) is 13.0 Å². The number of aryl methyl sites for hydroxylation is 1. The largest absolute Gasteiger partial charge is 0.477 e. The normalized spacial score (nSPS) is 10.3. The fourth-order valence-electron chi connectivity index (χ4n) is 1.52. The van der Waals surface area contributed by atoms with Crippen LogP contribution in [0.15, 0.2) is 24.4 Å². The number of aromatic nitrogens is 2. The summed E-state index contributed by atoms with van der Waals surface area (Å²) in [6, 6.07) is 4.20. The molecule has 0 saturated carbocycles. The maximum Gasteiger partial charge on any atom is 0.341 e. The molecule has 0 aliphatic rings. The molecule has 6 heteroatoms. The van der Waals surface area contributed by atoms with Crippen LogP contribution >= 0.6 is 0 Å². The zero-order valence-electron chi connectivity index (χ0n) is 9.51. The van der Waals surface area contributed by atoms with Gasteiger partial charge < -0.3 is 10.8 Å². The number of carboxylic acids is 1. The molecule has 1 aromatic heterocycles. The van der Waals surface area contributed by atoms with Gasteiger partial charge >= 0.3 is 5.97 Å². The number of halogens is 1. The first-order valence-corrected chi connectivity index (χ1v) is 5.11. The van der Waals surface area contributed by atoms with Gasteiger partial charge in [-0.05, 0) is 24.6 Å². The molecular formula is C12H10FN3O2. The number of anilines is 1. The van der Waals surface area contributed by atoms with Crippen LogP contribution in [0, 0.1) is 12.7 Å². The standard InChI is InChI=1S/C12H10FN3O2/c1-6-2-3-7(13)4-8(6)11-15-5-9(12(17)18)10(14)16-11/h2-5H,1H3,(H,17,18)(H2,14,15,16). The van der Waals surface area contributed by atoms with Crippen molar-refractivity contribution in [3.63, 3.8) is 0 Å². The van der Waals surface area contributed by atoms with Crippen LogP contribution in [0.2, 0.25) is 0 Å². The van der Waals surface area contributed by atoms with Gasteiger partial charge in [-0.2, -0.15) is 0 Å². The zero-order valence-corrected chi connectivity index (χ0v) is 9.51. The van der Waals surface area contributed by atoms with Gasteiger partial charge in [0.05, 0.1) is 0 Å². The van der Waals surface area contributed by atoms with Gasteiger partial charge in [0.2, 0.25) is 0 Å². The van der Waals surface area contributed by atoms with Gasteiger partial charge in [-0.1, -0.05) is 6.07 Å². The monoisotopic (exact) mass is 247 g/mol. The van der Waals surface area contributed by atoms with Gasteiger partial charge in [0.25, 0.3) is 0 Å². The highest BCUT2D eigenvalue weighted by atomic mass is 19.1. The quantitative estimate of drug-likeness (QED) is 0.845. The molecule has 0 aliphatic heterocycles. The number of nitrogen functional groups attached to an aromatic ring is 1. The van der Waals surface area contributed by atoms with Gasteiger partial charge in [-0.25, -0.2) is 19.2 Å². The summed E-state index contributed by atoms with van der Waals surface area (Å²) in [6.45, 7) is 1.78. The molecule has 0 aliphatic carbocycles. The van der Waals surface area contributed by atoms with E-state index in [-0.39, 0.29) is 17.2 Å². The lowest BCUT2D eigenvalue weighted by atomic mass is 10.1. The lowest BCUT2D eigenvalue weighted by Gasteiger charge is -2.06. The Morgan fingerprint density at radius 2 is 2.17 bits per heavy atom. The van der Waals surface area contributed by atoms with Crippen molar-refractivity contribution in [3.8, 4) is 11.4 Å². The maximum absolute atomic E-state index is 13.2. The molecule has 0 unspecified atom stereocenters. The van der Waals surface area contributed by atoms with Gasteiger partial charge in [-0.15, -0.1) is 0 Å². The van der Waals surface area contributed by atoms with Crippen molar-refractivity contribution < 1.29 is 14.3 Å². The Labute approximate surface area is 102 Å². The molecule has 1 heterocycles. The second-order valence-electron chi connectivity index (χ2n) is 3.76. The van der Waals surface area contributed by atoms with Crippen molar-refractivity contribution in [1.82, 2.24) is 9.97 Å². The highest BCUT2D eigenvalue weighted by Crippen LogP contribution is 2.22. The van der Waals surface area contributed by atoms with E-state index >= 15 is 0 Å². The van der Waals surface area contributed by atoms with Crippen LogP contribution in [0.1, 0.15) is 15.9 Å². The summed E-state index contributed by atoms with van der Waals surface area (Å²) in [6.07, 6.45) is 1.12. The summed E-state index contributed by atoms with van der Waals surface area (Å²) in [7, 11) is 0. The van der Waals surface area contributed by atoms with E-state index in [9.17, 15) is 9.18 Å². The van der Waals surface area contributed by atoms with Crippen molar-refractivity contribution in [1.29, 1.82) is 0 Å². The summed E-state index contributed by atoms with van der Waals surface area (Å²) in [5.41, 5.74) is 6.61. The molecule has 18 heavy (non-hydrogen) atoms. The van der Waals surface area contributed by atoms with Crippen LogP contribution < -0.4 is 5.73 Å². The second kappa shape index (κ2) is 4.40. The van der Waals surface area contributed by atoms with E-state index in [1.165, 1.54) is 12.1 Å². The second-order valence-corrected chi connectivity index (χ2v) is 3.76. The van der Waals surface area contributed by atoms with Crippen LogP contribution in [-0.2, 0) is 0 Å². The summed E-state index contributed by atoms with van der Waals surface area (Å²) in [4.78, 5) is 18.6. The SMILES string of the molecule is Cc1ccc(F)cc1-c1ncc(C(=O)O)c(N)n1. The lowest BCUT2D eigenvalue weighted by Crippen LogP contribution is -2.07. The van der Waals surface area contributed by atoms with E-state index in [0.717, 1.165) is 11.8 Å². The first-order chi connectivity index (χ1) is 8.49. The summed E-state index contributed by atoms with van der Waals surface area (Å²) in [5.74, 6) is -1.55. The van der Waals surface area contributed by atoms with Crippen LogP contribution in [0.5, 0.6) is 0 Å². The molecule has 0 radical (unpaired) electrons. The zero-order chi connectivity index (χ0) is 13.3. The first kappa shape index (κ1) is 12.0. The Bertz CT molecular complexity index is 629. The Hall–Kier alpha value is -2.50. The molecular weight excluding hydrogens is 237 g/mol. The minimum Gasteiger partial charge on any atom is -0.477 e. The summed E-state index contributed by atoms with van der Waals surface area (Å²) < 4.78 is 13.2. The van der Waals surface area contributed by atoms with E-state index in [1.807, 2.05) is 0 Å². The van der Waals surface area contributed by atoms with Crippen molar-refractivity contribution in [2.45, 2.75) is 6.92 Å². The minimum absolute atomic E-state index is 0.142. The maximum atomic E-state index is 13.2. The number of nitrogens with zero attached hydrogens (tertiary/aromatic N) is 2. The number of carbonyl (C=O) groups is 1. The smallest absolute Gasteiger partial charge is 0.341 e. The molecule has 0 amide bonds. The fraction of sp³-hybridized carbons (Fsp3) is 0.0833. The number of aromatic carboxylic acids is 1. The lowest BCUT2D eigenvalue weighted by molar-refractivity contribution is 0.0697. The highest BCUT2D eigenvalue weighted by molar-refractivity contribution is 5.92. The number of hydrogen-bond donors (Lipinski definition) is 2. The Morgan fingerprint density at radius 3 is 2.78 bits per heavy atom. The topological polar surface area (TPSA) is 89.1 Å². The molecule has 2 rings (SSSR count). The van der Waals surface area contributed by atoms with Crippen molar-refractivity contribution in [3.05, 3.63) is 41.3 Å². The van der Waals surface area contributed by atoms with Crippen LogP contribution in [0.25, 0.3) is 11.4 Å². The Balaban J connectivity index is 2.55. The van der Waals surface area contributed by atoms with Gasteiger partial charge in [0, 0.05) is 11.8 Å². The molecule has 0 atom stereocenters. The Kier molecular flexibility index (Phi) is 2.93. The molecule has 0 bridgehead atoms. The van der Waals surface area contributed by atoms with E-state index in [0.29, 0.717) is 5.56 Å². The predicted molar refractivity (Wildman–Crippen MR) is 63.5 cm³/mol. The number of hydrogen-bond acceptors (Lipinski definition) is 4. The van der Waals surface area contributed by atoms with E-state index in [4.69, 9.17) is 10.8 Å². The summed E-state index contributed by atoms with van der Waals surface area (Å²) in [5, 5.41) is 8.81. The fourth-order valence-corrected chi connectivity index (χ4v) is 1.52. The van der Waals surface area contributed by atoms with Gasteiger partial charge in [0.1, 0.15) is 17.2 Å². The Morgan fingerprint density at radius 1 is 1.44 bits per heavy atom. The molecule has 1 aromatic carbocycles. The van der Waals surface area contributed by atoms with Crippen molar-refractivity contribution in [2.75, 3.05) is 5.73 Å². The third-order valence-corrected chi connectivity index (χ3v) is 2.49. The molecule has 3 N–H and O–H groups in total. The van der Waals surface area contributed by atoms with Crippen LogP contribution in [0.4, 0.5) is 10.2 Å². The van der Waals surface area contributed by atoms with Crippen LogP contribution in [0.3, 0.4) is 0 Å². The molecule has 5 nitrogen and oxygen atoms in total. The number of carboxylic acid groups (broad SMARTS) is 1. The van der Waals surface area contributed by atoms with Gasteiger partial charge in [-0.3, -0.25) is 0 Å². The average Bonchev–Trinajstić information content (AvgIpc) is 2.31. The third-order valence-electron chi connectivity index (χ3n) is 2.49. The van der Waals surface area contributed by atoms with Crippen LogP contribution in [-0.4, -0.2) is 21.0 Å². The van der Waals surface area contributed by atoms with E-state index in [2.05, 4.69) is 9.97 Å². The molecule has 2 aromatic rings. The molecule has 0 fully saturated rings. The minimum atomic E-state index is -1.20.